The molecule has 0 aromatic heterocycles. The zero-order valence-electron chi connectivity index (χ0n) is 13.8. The third-order valence-electron chi connectivity index (χ3n) is 4.32. The molecule has 5 heteroatoms. The summed E-state index contributed by atoms with van der Waals surface area (Å²) in [6.07, 6.45) is 2.79. The first kappa shape index (κ1) is 17.3. The zero-order valence-corrected chi connectivity index (χ0v) is 13.8. The van der Waals surface area contributed by atoms with Crippen molar-refractivity contribution >= 4 is 17.4 Å². The quantitative estimate of drug-likeness (QED) is 0.668. The highest BCUT2D eigenvalue weighted by atomic mass is 19.1. The van der Waals surface area contributed by atoms with Gasteiger partial charge in [-0.3, -0.25) is 9.59 Å². The molecule has 124 valence electrons. The Morgan fingerprint density at radius 1 is 1.57 bits per heavy atom. The minimum Gasteiger partial charge on any atom is -0.376 e. The fraction of sp³-hybridized carbons (Fsp3) is 0.444. The van der Waals surface area contributed by atoms with Crippen molar-refractivity contribution < 1.29 is 18.7 Å². The molecule has 1 N–H and O–H groups in total. The van der Waals surface area contributed by atoms with Crippen LogP contribution in [0.4, 0.5) is 10.1 Å². The molecule has 0 heterocycles. The maximum absolute atomic E-state index is 14.1. The Balaban J connectivity index is 2.47. The molecule has 1 aromatic carbocycles. The van der Waals surface area contributed by atoms with Crippen LogP contribution in [-0.4, -0.2) is 24.9 Å². The van der Waals surface area contributed by atoms with Crippen LogP contribution in [0.3, 0.4) is 0 Å². The predicted molar refractivity (Wildman–Crippen MR) is 87.2 cm³/mol. The van der Waals surface area contributed by atoms with Crippen LogP contribution in [0.15, 0.2) is 18.7 Å². The van der Waals surface area contributed by atoms with Gasteiger partial charge < -0.3 is 10.1 Å². The van der Waals surface area contributed by atoms with Gasteiger partial charge in [0.2, 0.25) is 5.91 Å². The van der Waals surface area contributed by atoms with Crippen molar-refractivity contribution in [2.75, 3.05) is 18.5 Å². The van der Waals surface area contributed by atoms with Crippen molar-refractivity contribution in [2.24, 2.45) is 5.41 Å². The fourth-order valence-electron chi connectivity index (χ4n) is 2.98. The molecule has 4 nitrogen and oxygen atoms in total. The lowest BCUT2D eigenvalue weighted by Crippen LogP contribution is -2.38. The minimum atomic E-state index is -0.687. The van der Waals surface area contributed by atoms with Gasteiger partial charge in [-0.25, -0.2) is 4.39 Å². The SMILES string of the molecule is C=CCOCC1(C)CCc2c(C)c(F)cc(NC(C)=O)c2C1=O. The number of anilines is 1. The molecular weight excluding hydrogens is 297 g/mol. The van der Waals surface area contributed by atoms with Crippen LogP contribution in [0.2, 0.25) is 0 Å². The number of hydrogen-bond donors (Lipinski definition) is 1. The molecule has 2 rings (SSSR count). The van der Waals surface area contributed by atoms with Crippen molar-refractivity contribution in [1.82, 2.24) is 0 Å². The van der Waals surface area contributed by atoms with E-state index in [4.69, 9.17) is 4.74 Å². The van der Waals surface area contributed by atoms with E-state index in [1.165, 1.54) is 13.0 Å². The van der Waals surface area contributed by atoms with Crippen molar-refractivity contribution in [3.05, 3.63) is 41.2 Å². The molecule has 0 bridgehead atoms. The van der Waals surface area contributed by atoms with Gasteiger partial charge in [0, 0.05) is 12.5 Å². The fourth-order valence-corrected chi connectivity index (χ4v) is 2.98. The van der Waals surface area contributed by atoms with Crippen LogP contribution in [0.25, 0.3) is 0 Å². The number of rotatable bonds is 5. The first-order valence-corrected chi connectivity index (χ1v) is 7.63. The monoisotopic (exact) mass is 319 g/mol. The Morgan fingerprint density at radius 3 is 2.87 bits per heavy atom. The highest BCUT2D eigenvalue weighted by Crippen LogP contribution is 2.40. The van der Waals surface area contributed by atoms with Crippen molar-refractivity contribution in [2.45, 2.75) is 33.6 Å². The van der Waals surface area contributed by atoms with Gasteiger partial charge in [-0.15, -0.1) is 6.58 Å². The number of carbonyl (C=O) groups is 2. The van der Waals surface area contributed by atoms with E-state index in [9.17, 15) is 14.0 Å². The Bertz CT molecular complexity index is 669. The molecule has 1 amide bonds. The number of Topliss-reactive ketones (excluding diaryl/α,β-unsaturated/α-hetero) is 1. The molecule has 0 fully saturated rings. The molecule has 1 aliphatic rings. The first-order valence-electron chi connectivity index (χ1n) is 7.63. The van der Waals surface area contributed by atoms with Crippen molar-refractivity contribution in [1.29, 1.82) is 0 Å². The van der Waals surface area contributed by atoms with Gasteiger partial charge in [-0.2, -0.15) is 0 Å². The lowest BCUT2D eigenvalue weighted by molar-refractivity contribution is -0.114. The molecule has 0 radical (unpaired) electrons. The first-order chi connectivity index (χ1) is 10.8. The molecule has 1 aromatic rings. The summed E-state index contributed by atoms with van der Waals surface area (Å²) in [5.41, 5.74) is 1.12. The second-order valence-electron chi connectivity index (χ2n) is 6.26. The second-order valence-corrected chi connectivity index (χ2v) is 6.26. The predicted octanol–water partition coefficient (Wildman–Crippen LogP) is 3.43. The summed E-state index contributed by atoms with van der Waals surface area (Å²) in [7, 11) is 0. The topological polar surface area (TPSA) is 55.4 Å². The van der Waals surface area contributed by atoms with Gasteiger partial charge in [-0.05, 0) is 37.0 Å². The van der Waals surface area contributed by atoms with Gasteiger partial charge in [0.05, 0.1) is 24.3 Å². The van der Waals surface area contributed by atoms with Gasteiger partial charge in [0.25, 0.3) is 0 Å². The summed E-state index contributed by atoms with van der Waals surface area (Å²) < 4.78 is 19.6. The Morgan fingerprint density at radius 2 is 2.26 bits per heavy atom. The molecule has 1 aliphatic carbocycles. The third-order valence-corrected chi connectivity index (χ3v) is 4.32. The highest BCUT2D eigenvalue weighted by molar-refractivity contribution is 6.09. The Kier molecular flexibility index (Phi) is 5.00. The average Bonchev–Trinajstić information content (AvgIpc) is 2.47. The number of benzene rings is 1. The number of halogens is 1. The lowest BCUT2D eigenvalue weighted by atomic mass is 9.71. The van der Waals surface area contributed by atoms with E-state index < -0.39 is 11.2 Å². The maximum Gasteiger partial charge on any atom is 0.221 e. The lowest BCUT2D eigenvalue weighted by Gasteiger charge is -2.34. The molecule has 0 aliphatic heterocycles. The Hall–Kier alpha value is -2.01. The normalized spacial score (nSPS) is 20.1. The van der Waals surface area contributed by atoms with Crippen molar-refractivity contribution in [3.63, 3.8) is 0 Å². The van der Waals surface area contributed by atoms with Crippen molar-refractivity contribution in [3.8, 4) is 0 Å². The number of amides is 1. The summed E-state index contributed by atoms with van der Waals surface area (Å²) in [6.45, 7) is 9.08. The standard InChI is InChI=1S/C18H22FNO3/c1-5-8-23-10-18(4)7-6-13-11(2)14(19)9-15(20-12(3)21)16(13)17(18)22/h5,9H,1,6-8,10H2,2-4H3,(H,20,21). The van der Waals surface area contributed by atoms with E-state index in [1.807, 2.05) is 6.92 Å². The zero-order chi connectivity index (χ0) is 17.2. The van der Waals surface area contributed by atoms with E-state index in [-0.39, 0.29) is 24.0 Å². The summed E-state index contributed by atoms with van der Waals surface area (Å²) in [6, 6.07) is 1.23. The second kappa shape index (κ2) is 6.62. The molecular formula is C18H22FNO3. The number of carbonyl (C=O) groups excluding carboxylic acids is 2. The largest absolute Gasteiger partial charge is 0.376 e. The van der Waals surface area contributed by atoms with Crippen LogP contribution >= 0.6 is 0 Å². The van der Waals surface area contributed by atoms with Crippen LogP contribution < -0.4 is 5.32 Å². The Labute approximate surface area is 135 Å². The summed E-state index contributed by atoms with van der Waals surface area (Å²) >= 11 is 0. The van der Waals surface area contributed by atoms with Crippen LogP contribution in [0.1, 0.15) is 41.8 Å². The molecule has 23 heavy (non-hydrogen) atoms. The van der Waals surface area contributed by atoms with E-state index in [1.54, 1.807) is 13.0 Å². The molecule has 0 spiro atoms. The summed E-state index contributed by atoms with van der Waals surface area (Å²) in [4.78, 5) is 24.4. The molecule has 1 atom stereocenters. The number of fused-ring (bicyclic) bond motifs is 1. The average molecular weight is 319 g/mol. The van der Waals surface area contributed by atoms with Crippen LogP contribution in [0.5, 0.6) is 0 Å². The van der Waals surface area contributed by atoms with Gasteiger partial charge in [0.1, 0.15) is 5.82 Å². The van der Waals surface area contributed by atoms with Gasteiger partial charge in [0.15, 0.2) is 5.78 Å². The number of ether oxygens (including phenoxy) is 1. The number of ketones is 1. The highest BCUT2D eigenvalue weighted by Gasteiger charge is 2.41. The summed E-state index contributed by atoms with van der Waals surface area (Å²) in [5, 5.41) is 2.58. The number of nitrogens with one attached hydrogen (secondary N) is 1. The summed E-state index contributed by atoms with van der Waals surface area (Å²) in [5.74, 6) is -0.861. The van der Waals surface area contributed by atoms with Gasteiger partial charge in [-0.1, -0.05) is 13.0 Å². The van der Waals surface area contributed by atoms with Crippen LogP contribution in [-0.2, 0) is 16.0 Å². The molecule has 1 unspecified atom stereocenters. The van der Waals surface area contributed by atoms with E-state index >= 15 is 0 Å². The van der Waals surface area contributed by atoms with E-state index in [2.05, 4.69) is 11.9 Å². The molecule has 0 saturated carbocycles. The minimum absolute atomic E-state index is 0.116. The van der Waals surface area contributed by atoms with Gasteiger partial charge >= 0.3 is 0 Å². The van der Waals surface area contributed by atoms with E-state index in [0.717, 1.165) is 0 Å². The smallest absolute Gasteiger partial charge is 0.221 e. The third kappa shape index (κ3) is 3.34. The molecule has 0 saturated heterocycles. The van der Waals surface area contributed by atoms with E-state index in [0.29, 0.717) is 36.1 Å². The van der Waals surface area contributed by atoms with Crippen LogP contribution in [0, 0.1) is 18.2 Å². The maximum atomic E-state index is 14.1. The number of hydrogen-bond acceptors (Lipinski definition) is 3.